The van der Waals surface area contributed by atoms with Crippen LogP contribution in [-0.4, -0.2) is 72.7 Å². The molecule has 0 saturated carbocycles. The highest BCUT2D eigenvalue weighted by atomic mass is 16.7. The molecule has 0 amide bonds. The molecule has 10 heteroatoms. The number of methoxy groups -OCH3 is 1. The van der Waals surface area contributed by atoms with E-state index in [1.807, 2.05) is 6.92 Å². The molecule has 2 aliphatic heterocycles. The maximum atomic E-state index is 12.6. The Morgan fingerprint density at radius 1 is 1.31 bits per heavy atom. The number of fused-ring (bicyclic) bond motifs is 3. The van der Waals surface area contributed by atoms with E-state index in [9.17, 15) is 24.3 Å². The van der Waals surface area contributed by atoms with Crippen molar-refractivity contribution in [1.29, 1.82) is 0 Å². The van der Waals surface area contributed by atoms with Crippen LogP contribution in [0.5, 0.6) is 0 Å². The molecule has 174 valence electrons. The lowest BCUT2D eigenvalue weighted by Crippen LogP contribution is -2.48. The summed E-state index contributed by atoms with van der Waals surface area (Å²) in [6.07, 6.45) is -1.87. The molecule has 3 rings (SSSR count). The van der Waals surface area contributed by atoms with E-state index in [0.29, 0.717) is 12.8 Å². The number of esters is 4. The van der Waals surface area contributed by atoms with E-state index in [4.69, 9.17) is 23.7 Å². The zero-order valence-corrected chi connectivity index (χ0v) is 18.1. The van der Waals surface area contributed by atoms with Gasteiger partial charge >= 0.3 is 23.9 Å². The Hall–Kier alpha value is -2.98. The number of aliphatic hydroxyl groups excluding tert-OH is 1. The first-order chi connectivity index (χ1) is 15.0. The van der Waals surface area contributed by atoms with Crippen LogP contribution in [0.2, 0.25) is 0 Å². The van der Waals surface area contributed by atoms with Gasteiger partial charge in [-0.2, -0.15) is 0 Å². The molecule has 3 aliphatic rings. The van der Waals surface area contributed by atoms with Gasteiger partial charge in [-0.3, -0.25) is 4.79 Å². The molecule has 0 spiro atoms. The van der Waals surface area contributed by atoms with Crippen molar-refractivity contribution in [3.05, 3.63) is 36.0 Å². The number of carbonyl (C=O) groups excluding carboxylic acids is 4. The van der Waals surface area contributed by atoms with Crippen LogP contribution in [0.1, 0.15) is 26.7 Å². The Kier molecular flexibility index (Phi) is 6.56. The maximum Gasteiger partial charge on any atom is 0.337 e. The average molecular weight is 450 g/mol. The predicted molar refractivity (Wildman–Crippen MR) is 107 cm³/mol. The van der Waals surface area contributed by atoms with Crippen molar-refractivity contribution in [2.75, 3.05) is 13.7 Å². The van der Waals surface area contributed by atoms with Crippen molar-refractivity contribution in [3.8, 4) is 0 Å². The van der Waals surface area contributed by atoms with Gasteiger partial charge in [-0.15, -0.1) is 0 Å². The summed E-state index contributed by atoms with van der Waals surface area (Å²) in [5.41, 5.74) is -0.999. The van der Waals surface area contributed by atoms with Gasteiger partial charge in [0, 0.05) is 12.5 Å². The van der Waals surface area contributed by atoms with Gasteiger partial charge in [0.25, 0.3) is 0 Å². The van der Waals surface area contributed by atoms with Gasteiger partial charge in [0.1, 0.15) is 12.2 Å². The second-order valence-electron chi connectivity index (χ2n) is 8.12. The lowest BCUT2D eigenvalue weighted by molar-refractivity contribution is -0.169. The Balaban J connectivity index is 2.16. The van der Waals surface area contributed by atoms with Crippen LogP contribution in [0, 0.1) is 5.92 Å². The highest BCUT2D eigenvalue weighted by molar-refractivity contribution is 5.93. The van der Waals surface area contributed by atoms with Gasteiger partial charge in [0.15, 0.2) is 12.2 Å². The summed E-state index contributed by atoms with van der Waals surface area (Å²) in [5.74, 6) is -4.28. The summed E-state index contributed by atoms with van der Waals surface area (Å²) in [7, 11) is 1.16. The number of rotatable bonds is 5. The van der Waals surface area contributed by atoms with Crippen LogP contribution in [0.15, 0.2) is 36.0 Å². The molecule has 0 unspecified atom stereocenters. The van der Waals surface area contributed by atoms with E-state index in [1.165, 1.54) is 6.08 Å². The van der Waals surface area contributed by atoms with E-state index in [0.717, 1.165) is 14.0 Å². The van der Waals surface area contributed by atoms with Crippen LogP contribution in [0.25, 0.3) is 0 Å². The topological polar surface area (TPSA) is 138 Å². The molecule has 0 radical (unpaired) electrons. The first-order valence-electron chi connectivity index (χ1n) is 10.1. The lowest BCUT2D eigenvalue weighted by atomic mass is 9.80. The summed E-state index contributed by atoms with van der Waals surface area (Å²) in [6, 6.07) is 0. The van der Waals surface area contributed by atoms with Gasteiger partial charge in [-0.1, -0.05) is 19.2 Å². The van der Waals surface area contributed by atoms with E-state index < -0.39 is 66.4 Å². The Morgan fingerprint density at radius 3 is 2.59 bits per heavy atom. The van der Waals surface area contributed by atoms with Crippen molar-refractivity contribution in [2.24, 2.45) is 5.92 Å². The number of carbonyl (C=O) groups is 4. The molecule has 0 aromatic heterocycles. The van der Waals surface area contributed by atoms with Crippen molar-refractivity contribution >= 4 is 23.9 Å². The normalized spacial score (nSPS) is 35.2. The first kappa shape index (κ1) is 23.7. The lowest BCUT2D eigenvalue weighted by Gasteiger charge is -2.33. The summed E-state index contributed by atoms with van der Waals surface area (Å²) >= 11 is 0. The third-order valence-electron chi connectivity index (χ3n) is 5.90. The van der Waals surface area contributed by atoms with Crippen molar-refractivity contribution in [2.45, 2.75) is 56.7 Å². The highest BCUT2D eigenvalue weighted by Crippen LogP contribution is 2.50. The second kappa shape index (κ2) is 8.87. The number of epoxide rings is 1. The SMILES string of the molecule is C=C(CO)C(=O)O[C@H]1[C@H]2C(=C)C(=O)O[C@@H]2[C@@H]2O[C@]2(C)CC/C=C(/C(=O)OC)[C@H]1OC(C)=O. The standard InChI is InChI=1S/C22H26O10/c1-10(9-23)19(25)30-16-14-11(2)20(26)31-17(14)18-22(4,32-18)8-6-7-13(21(27)28-5)15(16)29-12(3)24/h7,14-18,23H,1-2,6,8-9H2,3-5H3/b13-7+/t14-,15-,16+,17+,18+,22-/m1/s1. The minimum absolute atomic E-state index is 0.0257. The van der Waals surface area contributed by atoms with Crippen LogP contribution >= 0.6 is 0 Å². The molecule has 1 N–H and O–H groups in total. The molecule has 2 heterocycles. The van der Waals surface area contributed by atoms with Gasteiger partial charge < -0.3 is 28.8 Å². The average Bonchev–Trinajstić information content (AvgIpc) is 3.33. The fourth-order valence-electron chi connectivity index (χ4n) is 4.14. The number of hydrogen-bond acceptors (Lipinski definition) is 10. The smallest absolute Gasteiger partial charge is 0.337 e. The molecule has 10 nitrogen and oxygen atoms in total. The van der Waals surface area contributed by atoms with Gasteiger partial charge in [0.2, 0.25) is 0 Å². The number of aliphatic hydroxyl groups is 1. The summed E-state index contributed by atoms with van der Waals surface area (Å²) in [6.45, 7) is 9.51. The Morgan fingerprint density at radius 2 is 2.00 bits per heavy atom. The Labute approximate surface area is 184 Å². The molecule has 0 aromatic rings. The summed E-state index contributed by atoms with van der Waals surface area (Å²) < 4.78 is 27.2. The second-order valence-corrected chi connectivity index (χ2v) is 8.12. The highest BCUT2D eigenvalue weighted by Gasteiger charge is 2.64. The van der Waals surface area contributed by atoms with Crippen LogP contribution < -0.4 is 0 Å². The molecule has 1 aliphatic carbocycles. The molecule has 0 aromatic carbocycles. The monoisotopic (exact) mass is 450 g/mol. The maximum absolute atomic E-state index is 12.6. The quantitative estimate of drug-likeness (QED) is 0.273. The number of allylic oxidation sites excluding steroid dienone is 1. The minimum atomic E-state index is -1.43. The fourth-order valence-corrected chi connectivity index (χ4v) is 4.14. The fraction of sp³-hybridized carbons (Fsp3) is 0.545. The zero-order valence-electron chi connectivity index (χ0n) is 18.1. The third-order valence-corrected chi connectivity index (χ3v) is 5.90. The van der Waals surface area contributed by atoms with Crippen molar-refractivity contribution < 1.29 is 48.0 Å². The molecule has 2 fully saturated rings. The summed E-state index contributed by atoms with van der Waals surface area (Å²) in [4.78, 5) is 49.6. The molecule has 0 bridgehead atoms. The number of hydrogen-bond donors (Lipinski definition) is 1. The van der Waals surface area contributed by atoms with Crippen LogP contribution in [-0.2, 0) is 42.9 Å². The third kappa shape index (κ3) is 4.33. The first-order valence-corrected chi connectivity index (χ1v) is 10.1. The van der Waals surface area contributed by atoms with Gasteiger partial charge in [-0.05, 0) is 19.8 Å². The van der Waals surface area contributed by atoms with E-state index in [1.54, 1.807) is 0 Å². The van der Waals surface area contributed by atoms with Gasteiger partial charge in [-0.25, -0.2) is 14.4 Å². The van der Waals surface area contributed by atoms with Crippen molar-refractivity contribution in [3.63, 3.8) is 0 Å². The molecular formula is C22H26O10. The molecule has 2 saturated heterocycles. The minimum Gasteiger partial charge on any atom is -0.466 e. The molecular weight excluding hydrogens is 424 g/mol. The van der Waals surface area contributed by atoms with E-state index in [-0.39, 0.29) is 16.7 Å². The predicted octanol–water partition coefficient (Wildman–Crippen LogP) is 0.527. The largest absolute Gasteiger partial charge is 0.466 e. The molecule has 32 heavy (non-hydrogen) atoms. The number of ether oxygens (including phenoxy) is 5. The Bertz CT molecular complexity index is 902. The van der Waals surface area contributed by atoms with E-state index in [2.05, 4.69) is 13.2 Å². The van der Waals surface area contributed by atoms with Gasteiger partial charge in [0.05, 0.1) is 36.4 Å². The zero-order chi connectivity index (χ0) is 23.8. The summed E-state index contributed by atoms with van der Waals surface area (Å²) in [5, 5.41) is 9.28. The van der Waals surface area contributed by atoms with Crippen molar-refractivity contribution in [1.82, 2.24) is 0 Å². The van der Waals surface area contributed by atoms with Crippen LogP contribution in [0.3, 0.4) is 0 Å². The van der Waals surface area contributed by atoms with E-state index >= 15 is 0 Å². The van der Waals surface area contributed by atoms with Crippen LogP contribution in [0.4, 0.5) is 0 Å². The molecule has 6 atom stereocenters.